The maximum Gasteiger partial charge on any atom is 0.261 e. The Morgan fingerprint density at radius 3 is 1.88 bits per heavy atom. The molecule has 4 aromatic rings. The van der Waals surface area contributed by atoms with Crippen molar-refractivity contribution in [1.82, 2.24) is 4.72 Å². The molecule has 4 aromatic carbocycles. The summed E-state index contributed by atoms with van der Waals surface area (Å²) in [6.07, 6.45) is 0. The lowest BCUT2D eigenvalue weighted by atomic mass is 10.1. The molecule has 0 saturated heterocycles. The van der Waals surface area contributed by atoms with Crippen molar-refractivity contribution in [3.05, 3.63) is 115 Å². The number of rotatable bonds is 8. The summed E-state index contributed by atoms with van der Waals surface area (Å²) in [6, 6.07) is 30.7. The van der Waals surface area contributed by atoms with Crippen LogP contribution >= 0.6 is 0 Å². The van der Waals surface area contributed by atoms with Crippen LogP contribution in [0.4, 0.5) is 5.69 Å². The standard InChI is InChI=1S/C25H22N2O4S2/c28-32(29,22-14-5-2-6-15-22)27-24-17-9-7-13-21(24)19-26-33(30,31)25-18-10-8-16-23(25)20-11-3-1-4-12-20/h1-18,26-27H,19H2. The van der Waals surface area contributed by atoms with Crippen LogP contribution in [0, 0.1) is 0 Å². The van der Waals surface area contributed by atoms with Gasteiger partial charge in [-0.1, -0.05) is 84.9 Å². The number of sulfonamides is 2. The first-order valence-electron chi connectivity index (χ1n) is 10.2. The van der Waals surface area contributed by atoms with Gasteiger partial charge in [-0.05, 0) is 35.4 Å². The SMILES string of the molecule is O=S(=O)(Nc1ccccc1CNS(=O)(=O)c1ccccc1-c1ccccc1)c1ccccc1. The van der Waals surface area contributed by atoms with E-state index in [0.29, 0.717) is 16.8 Å². The van der Waals surface area contributed by atoms with Gasteiger partial charge in [0.1, 0.15) is 0 Å². The van der Waals surface area contributed by atoms with Gasteiger partial charge in [0.05, 0.1) is 15.5 Å². The van der Waals surface area contributed by atoms with Crippen molar-refractivity contribution in [1.29, 1.82) is 0 Å². The molecule has 0 heterocycles. The minimum absolute atomic E-state index is 0.0844. The van der Waals surface area contributed by atoms with E-state index in [1.807, 2.05) is 30.3 Å². The molecule has 6 nitrogen and oxygen atoms in total. The van der Waals surface area contributed by atoms with Gasteiger partial charge in [0.2, 0.25) is 10.0 Å². The van der Waals surface area contributed by atoms with Crippen molar-refractivity contribution in [3.63, 3.8) is 0 Å². The number of benzene rings is 4. The molecule has 0 fully saturated rings. The van der Waals surface area contributed by atoms with Gasteiger partial charge < -0.3 is 0 Å². The first-order chi connectivity index (χ1) is 15.9. The van der Waals surface area contributed by atoms with Gasteiger partial charge in [-0.3, -0.25) is 4.72 Å². The van der Waals surface area contributed by atoms with Crippen molar-refractivity contribution < 1.29 is 16.8 Å². The van der Waals surface area contributed by atoms with Crippen LogP contribution in [0.3, 0.4) is 0 Å². The summed E-state index contributed by atoms with van der Waals surface area (Å²) < 4.78 is 57.0. The molecule has 33 heavy (non-hydrogen) atoms. The van der Waals surface area contributed by atoms with Gasteiger partial charge in [0.15, 0.2) is 0 Å². The van der Waals surface area contributed by atoms with Gasteiger partial charge >= 0.3 is 0 Å². The highest BCUT2D eigenvalue weighted by atomic mass is 32.2. The first kappa shape index (κ1) is 22.7. The van der Waals surface area contributed by atoms with Crippen molar-refractivity contribution in [2.24, 2.45) is 0 Å². The predicted molar refractivity (Wildman–Crippen MR) is 130 cm³/mol. The fraction of sp³-hybridized carbons (Fsp3) is 0.0400. The highest BCUT2D eigenvalue weighted by molar-refractivity contribution is 7.92. The Morgan fingerprint density at radius 1 is 0.576 bits per heavy atom. The summed E-state index contributed by atoms with van der Waals surface area (Å²) in [4.78, 5) is 0.274. The average Bonchev–Trinajstić information content (AvgIpc) is 2.84. The van der Waals surface area contributed by atoms with Gasteiger partial charge in [-0.15, -0.1) is 0 Å². The van der Waals surface area contributed by atoms with E-state index in [2.05, 4.69) is 9.44 Å². The molecule has 0 saturated carbocycles. The Hall–Kier alpha value is -3.46. The molecule has 0 unspecified atom stereocenters. The minimum Gasteiger partial charge on any atom is -0.279 e. The first-order valence-corrected chi connectivity index (χ1v) is 13.1. The summed E-state index contributed by atoms with van der Waals surface area (Å²) in [5, 5.41) is 0. The number of nitrogens with one attached hydrogen (secondary N) is 2. The summed E-state index contributed by atoms with van der Waals surface area (Å²) >= 11 is 0. The van der Waals surface area contributed by atoms with Crippen LogP contribution in [-0.2, 0) is 26.6 Å². The second kappa shape index (κ2) is 9.58. The monoisotopic (exact) mass is 478 g/mol. The Morgan fingerprint density at radius 2 is 1.15 bits per heavy atom. The molecule has 0 radical (unpaired) electrons. The maximum atomic E-state index is 13.2. The van der Waals surface area contributed by atoms with E-state index in [4.69, 9.17) is 0 Å². The lowest BCUT2D eigenvalue weighted by Gasteiger charge is -2.15. The van der Waals surface area contributed by atoms with Gasteiger partial charge in [0, 0.05) is 12.1 Å². The van der Waals surface area contributed by atoms with Crippen molar-refractivity contribution in [2.45, 2.75) is 16.3 Å². The molecule has 0 aliphatic rings. The predicted octanol–water partition coefficient (Wildman–Crippen LogP) is 4.63. The quantitative estimate of drug-likeness (QED) is 0.386. The third-order valence-corrected chi connectivity index (χ3v) is 7.87. The normalized spacial score (nSPS) is 11.8. The lowest BCUT2D eigenvalue weighted by Crippen LogP contribution is -2.25. The molecule has 4 rings (SSSR count). The van der Waals surface area contributed by atoms with Gasteiger partial charge in [0.25, 0.3) is 10.0 Å². The van der Waals surface area contributed by atoms with Crippen LogP contribution in [0.25, 0.3) is 11.1 Å². The Labute approximate surface area is 194 Å². The largest absolute Gasteiger partial charge is 0.279 e. The molecule has 0 bridgehead atoms. The molecule has 0 aliphatic carbocycles. The molecule has 0 amide bonds. The zero-order chi connectivity index (χ0) is 23.3. The number of anilines is 1. The zero-order valence-electron chi connectivity index (χ0n) is 17.5. The van der Waals surface area contributed by atoms with E-state index in [1.54, 1.807) is 66.7 Å². The topological polar surface area (TPSA) is 92.3 Å². The van der Waals surface area contributed by atoms with Crippen molar-refractivity contribution in [2.75, 3.05) is 4.72 Å². The Kier molecular flexibility index (Phi) is 6.60. The molecule has 0 aliphatic heterocycles. The third kappa shape index (κ3) is 5.31. The number of hydrogen-bond donors (Lipinski definition) is 2. The smallest absolute Gasteiger partial charge is 0.261 e. The third-order valence-electron chi connectivity index (χ3n) is 5.03. The van der Waals surface area contributed by atoms with Gasteiger partial charge in [-0.25, -0.2) is 21.6 Å². The van der Waals surface area contributed by atoms with E-state index < -0.39 is 20.0 Å². The summed E-state index contributed by atoms with van der Waals surface area (Å²) in [5.74, 6) is 0. The van der Waals surface area contributed by atoms with Crippen molar-refractivity contribution in [3.8, 4) is 11.1 Å². The molecule has 168 valence electrons. The summed E-state index contributed by atoms with van der Waals surface area (Å²) in [7, 11) is -7.69. The van der Waals surface area contributed by atoms with Gasteiger partial charge in [-0.2, -0.15) is 0 Å². The molecule has 0 aromatic heterocycles. The lowest BCUT2D eigenvalue weighted by molar-refractivity contribution is 0.581. The Bertz CT molecular complexity index is 1450. The molecule has 0 atom stereocenters. The van der Waals surface area contributed by atoms with Crippen LogP contribution in [0.15, 0.2) is 119 Å². The van der Waals surface area contributed by atoms with E-state index in [1.165, 1.54) is 12.1 Å². The second-order valence-electron chi connectivity index (χ2n) is 7.26. The second-order valence-corrected chi connectivity index (χ2v) is 10.7. The van der Waals surface area contributed by atoms with Crippen molar-refractivity contribution >= 4 is 25.7 Å². The Balaban J connectivity index is 1.59. The molecule has 8 heteroatoms. The zero-order valence-corrected chi connectivity index (χ0v) is 19.2. The number of para-hydroxylation sites is 1. The summed E-state index contributed by atoms with van der Waals surface area (Å²) in [6.45, 7) is -0.0844. The molecule has 2 N–H and O–H groups in total. The fourth-order valence-corrected chi connectivity index (χ4v) is 5.74. The van der Waals surface area contributed by atoms with Crippen LogP contribution in [0.5, 0.6) is 0 Å². The maximum absolute atomic E-state index is 13.2. The van der Waals surface area contributed by atoms with Crippen LogP contribution in [0.2, 0.25) is 0 Å². The average molecular weight is 479 g/mol. The molecular weight excluding hydrogens is 456 g/mol. The van der Waals surface area contributed by atoms with E-state index in [9.17, 15) is 16.8 Å². The van der Waals surface area contributed by atoms with Crippen LogP contribution in [-0.4, -0.2) is 16.8 Å². The van der Waals surface area contributed by atoms with E-state index in [0.717, 1.165) is 5.56 Å². The molecule has 0 spiro atoms. The fourth-order valence-electron chi connectivity index (χ4n) is 3.39. The summed E-state index contributed by atoms with van der Waals surface area (Å²) in [5.41, 5.74) is 2.18. The minimum atomic E-state index is -3.88. The van der Waals surface area contributed by atoms with E-state index in [-0.39, 0.29) is 16.3 Å². The highest BCUT2D eigenvalue weighted by Crippen LogP contribution is 2.27. The number of hydrogen-bond acceptors (Lipinski definition) is 4. The molecular formula is C25H22N2O4S2. The van der Waals surface area contributed by atoms with E-state index >= 15 is 0 Å². The highest BCUT2D eigenvalue weighted by Gasteiger charge is 2.20. The van der Waals surface area contributed by atoms with Crippen LogP contribution in [0.1, 0.15) is 5.56 Å². The van der Waals surface area contributed by atoms with Crippen LogP contribution < -0.4 is 9.44 Å².